The summed E-state index contributed by atoms with van der Waals surface area (Å²) < 4.78 is 11.3. The lowest BCUT2D eigenvalue weighted by molar-refractivity contribution is -0.112. The highest BCUT2D eigenvalue weighted by Gasteiger charge is 2.12. The van der Waals surface area contributed by atoms with Crippen molar-refractivity contribution < 1.29 is 14.3 Å². The Hall–Kier alpha value is -3.75. The van der Waals surface area contributed by atoms with Gasteiger partial charge in [-0.25, -0.2) is 0 Å². The zero-order chi connectivity index (χ0) is 22.2. The first kappa shape index (κ1) is 21.9. The first-order valence-electron chi connectivity index (χ1n) is 9.54. The van der Waals surface area contributed by atoms with Crippen molar-refractivity contribution in [3.63, 3.8) is 0 Å². The molecule has 1 N–H and O–H groups in total. The smallest absolute Gasteiger partial charge is 0.266 e. The Morgan fingerprint density at radius 3 is 2.55 bits per heavy atom. The molecule has 0 atom stereocenters. The summed E-state index contributed by atoms with van der Waals surface area (Å²) in [5, 5.41) is 12.8. The Morgan fingerprint density at radius 1 is 1.10 bits per heavy atom. The van der Waals surface area contributed by atoms with Gasteiger partial charge in [0.1, 0.15) is 18.2 Å². The van der Waals surface area contributed by atoms with Gasteiger partial charge in [-0.2, -0.15) is 5.26 Å². The number of amides is 1. The molecular weight excluding hydrogens is 412 g/mol. The molecule has 0 aliphatic rings. The number of halogens is 1. The number of nitrogens with one attached hydrogen (secondary N) is 1. The summed E-state index contributed by atoms with van der Waals surface area (Å²) in [4.78, 5) is 12.6. The van der Waals surface area contributed by atoms with Crippen molar-refractivity contribution in [1.82, 2.24) is 0 Å². The third kappa shape index (κ3) is 5.88. The van der Waals surface area contributed by atoms with E-state index >= 15 is 0 Å². The molecule has 6 heteroatoms. The molecule has 5 nitrogen and oxygen atoms in total. The van der Waals surface area contributed by atoms with Crippen LogP contribution in [0.15, 0.2) is 72.3 Å². The van der Waals surface area contributed by atoms with Crippen LogP contribution in [0.1, 0.15) is 16.7 Å². The second-order valence-electron chi connectivity index (χ2n) is 6.77. The van der Waals surface area contributed by atoms with Crippen LogP contribution >= 0.6 is 11.6 Å². The maximum atomic E-state index is 12.6. The number of methoxy groups -OCH3 is 1. The molecule has 3 aromatic carbocycles. The lowest BCUT2D eigenvalue weighted by atomic mass is 10.1. The predicted molar refractivity (Wildman–Crippen MR) is 122 cm³/mol. The predicted octanol–water partition coefficient (Wildman–Crippen LogP) is 5.78. The highest BCUT2D eigenvalue weighted by Crippen LogP contribution is 2.30. The fourth-order valence-corrected chi connectivity index (χ4v) is 3.13. The van der Waals surface area contributed by atoms with Gasteiger partial charge in [-0.05, 0) is 60.0 Å². The Labute approximate surface area is 186 Å². The van der Waals surface area contributed by atoms with E-state index in [0.29, 0.717) is 34.4 Å². The van der Waals surface area contributed by atoms with E-state index in [1.54, 1.807) is 43.5 Å². The Kier molecular flexibility index (Phi) is 7.31. The molecule has 31 heavy (non-hydrogen) atoms. The molecule has 0 heterocycles. The molecule has 0 unspecified atom stereocenters. The van der Waals surface area contributed by atoms with Crippen LogP contribution < -0.4 is 14.8 Å². The molecule has 0 spiro atoms. The van der Waals surface area contributed by atoms with Gasteiger partial charge in [-0.3, -0.25) is 4.79 Å². The normalized spacial score (nSPS) is 10.8. The minimum Gasteiger partial charge on any atom is -0.493 e. The number of ether oxygens (including phenoxy) is 2. The van der Waals surface area contributed by atoms with Crippen molar-refractivity contribution in [2.45, 2.75) is 13.5 Å². The van der Waals surface area contributed by atoms with Crippen LogP contribution in [0.5, 0.6) is 11.5 Å². The minimum absolute atomic E-state index is 0.0330. The molecule has 0 saturated carbocycles. The van der Waals surface area contributed by atoms with Gasteiger partial charge < -0.3 is 14.8 Å². The second-order valence-corrected chi connectivity index (χ2v) is 7.20. The fraction of sp³-hybridized carbons (Fsp3) is 0.120. The van der Waals surface area contributed by atoms with E-state index in [4.69, 9.17) is 21.1 Å². The molecule has 156 valence electrons. The van der Waals surface area contributed by atoms with E-state index in [1.165, 1.54) is 6.08 Å². The lowest BCUT2D eigenvalue weighted by Crippen LogP contribution is -2.14. The van der Waals surface area contributed by atoms with E-state index in [0.717, 1.165) is 11.1 Å². The third-order valence-corrected chi connectivity index (χ3v) is 4.77. The Balaban J connectivity index is 1.76. The average Bonchev–Trinajstić information content (AvgIpc) is 2.78. The summed E-state index contributed by atoms with van der Waals surface area (Å²) in [7, 11) is 1.54. The molecular formula is C25H21ClN2O3. The summed E-state index contributed by atoms with van der Waals surface area (Å²) in [5.41, 5.74) is 3.05. The number of nitriles is 1. The number of carbonyl (C=O) groups is 1. The highest BCUT2D eigenvalue weighted by molar-refractivity contribution is 6.30. The van der Waals surface area contributed by atoms with Crippen LogP contribution in [0, 0.1) is 18.3 Å². The average molecular weight is 433 g/mol. The number of hydrogen-bond donors (Lipinski definition) is 1. The summed E-state index contributed by atoms with van der Waals surface area (Å²) in [6, 6.07) is 22.1. The molecule has 0 radical (unpaired) electrons. The first-order chi connectivity index (χ1) is 15.0. The van der Waals surface area contributed by atoms with Gasteiger partial charge in [0.25, 0.3) is 5.91 Å². The van der Waals surface area contributed by atoms with Crippen molar-refractivity contribution in [1.29, 1.82) is 5.26 Å². The molecule has 0 bridgehead atoms. The number of benzene rings is 3. The number of rotatable bonds is 7. The molecule has 0 aliphatic heterocycles. The van der Waals surface area contributed by atoms with Gasteiger partial charge in [0, 0.05) is 10.7 Å². The summed E-state index contributed by atoms with van der Waals surface area (Å²) in [6.07, 6.45) is 1.50. The number of carbonyl (C=O) groups excluding carboxylic acids is 1. The Morgan fingerprint density at radius 2 is 1.87 bits per heavy atom. The lowest BCUT2D eigenvalue weighted by Gasteiger charge is -2.12. The van der Waals surface area contributed by atoms with Crippen LogP contribution in [0.2, 0.25) is 5.02 Å². The van der Waals surface area contributed by atoms with E-state index in [2.05, 4.69) is 5.32 Å². The van der Waals surface area contributed by atoms with Crippen molar-refractivity contribution in [2.75, 3.05) is 12.4 Å². The van der Waals surface area contributed by atoms with Gasteiger partial charge in [0.05, 0.1) is 7.11 Å². The summed E-state index contributed by atoms with van der Waals surface area (Å²) in [5.74, 6) is 0.579. The highest BCUT2D eigenvalue weighted by atomic mass is 35.5. The van der Waals surface area contributed by atoms with Gasteiger partial charge in [0.15, 0.2) is 11.5 Å². The van der Waals surface area contributed by atoms with Crippen LogP contribution in [-0.4, -0.2) is 13.0 Å². The van der Waals surface area contributed by atoms with Crippen LogP contribution in [0.25, 0.3) is 6.08 Å². The molecule has 0 aliphatic carbocycles. The number of nitrogens with zero attached hydrogens (tertiary/aromatic N) is 1. The topological polar surface area (TPSA) is 71.3 Å². The molecule has 0 saturated heterocycles. The van der Waals surface area contributed by atoms with Crippen LogP contribution in [0.4, 0.5) is 5.69 Å². The molecule has 0 fully saturated rings. The SMILES string of the molecule is COc1cc(/C=C(\C#N)C(=O)Nc2ccc(Cl)cc2C)ccc1OCc1ccccc1. The third-order valence-electron chi connectivity index (χ3n) is 4.54. The largest absolute Gasteiger partial charge is 0.493 e. The van der Waals surface area contributed by atoms with Crippen molar-refractivity contribution in [3.05, 3.63) is 94.0 Å². The zero-order valence-corrected chi connectivity index (χ0v) is 17.9. The summed E-state index contributed by atoms with van der Waals surface area (Å²) in [6.45, 7) is 2.23. The van der Waals surface area contributed by atoms with Gasteiger partial charge in [0.2, 0.25) is 0 Å². The standard InChI is InChI=1S/C25H21ClN2O3/c1-17-12-21(26)9-10-22(17)28-25(29)20(15-27)13-19-8-11-23(24(14-19)30-2)31-16-18-6-4-3-5-7-18/h3-14H,16H2,1-2H3,(H,28,29)/b20-13+. The second kappa shape index (κ2) is 10.3. The number of aryl methyl sites for hydroxylation is 1. The van der Waals surface area contributed by atoms with Gasteiger partial charge in [-0.15, -0.1) is 0 Å². The maximum Gasteiger partial charge on any atom is 0.266 e. The van der Waals surface area contributed by atoms with Crippen molar-refractivity contribution in [3.8, 4) is 17.6 Å². The maximum absolute atomic E-state index is 12.6. The minimum atomic E-state index is -0.503. The van der Waals surface area contributed by atoms with E-state index < -0.39 is 5.91 Å². The van der Waals surface area contributed by atoms with Crippen LogP contribution in [-0.2, 0) is 11.4 Å². The van der Waals surface area contributed by atoms with Gasteiger partial charge in [-0.1, -0.05) is 48.0 Å². The summed E-state index contributed by atoms with van der Waals surface area (Å²) >= 11 is 5.95. The van der Waals surface area contributed by atoms with E-state index in [9.17, 15) is 10.1 Å². The van der Waals surface area contributed by atoms with Crippen LogP contribution in [0.3, 0.4) is 0 Å². The van der Waals surface area contributed by atoms with Gasteiger partial charge >= 0.3 is 0 Å². The molecule has 1 amide bonds. The monoisotopic (exact) mass is 432 g/mol. The quantitative estimate of drug-likeness (QED) is 0.379. The number of hydrogen-bond acceptors (Lipinski definition) is 4. The molecule has 0 aromatic heterocycles. The van der Waals surface area contributed by atoms with E-state index in [-0.39, 0.29) is 5.57 Å². The Bertz CT molecular complexity index is 1150. The fourth-order valence-electron chi connectivity index (χ4n) is 2.90. The number of anilines is 1. The first-order valence-corrected chi connectivity index (χ1v) is 9.92. The molecule has 3 rings (SSSR count). The molecule has 3 aromatic rings. The van der Waals surface area contributed by atoms with Crippen molar-refractivity contribution >= 4 is 29.3 Å². The zero-order valence-electron chi connectivity index (χ0n) is 17.2. The van der Waals surface area contributed by atoms with Crippen molar-refractivity contribution in [2.24, 2.45) is 0 Å². The van der Waals surface area contributed by atoms with E-state index in [1.807, 2.05) is 43.3 Å².